The lowest BCUT2D eigenvalue weighted by Gasteiger charge is -2.13. The molecule has 0 amide bonds. The maximum atomic E-state index is 11.1. The highest BCUT2D eigenvalue weighted by Crippen LogP contribution is 2.29. The van der Waals surface area contributed by atoms with Crippen molar-refractivity contribution < 1.29 is 9.66 Å². The summed E-state index contributed by atoms with van der Waals surface area (Å²) in [5.74, 6) is 1.64. The lowest BCUT2D eigenvalue weighted by Crippen LogP contribution is -2.03. The summed E-state index contributed by atoms with van der Waals surface area (Å²) in [7, 11) is 1.61. The number of nitrogens with zero attached hydrogens (tertiary/aromatic N) is 4. The number of ether oxygens (including phenoxy) is 1. The molecule has 0 unspecified atom stereocenters. The van der Waals surface area contributed by atoms with Gasteiger partial charge in [-0.1, -0.05) is 12.2 Å². The lowest BCUT2D eigenvalue weighted by molar-refractivity contribution is -0.418. The number of allylic oxidation sites excluding steroid dienone is 4. The molecular formula is C22H22N6O3S. The normalized spacial score (nSPS) is 11.9. The number of fused-ring (bicyclic) bond motifs is 1. The standard InChI is InChI=1S/C22H22N6O3S/c1-4-5-7-17(28(29)30)9-11-32-27-22-21(25-19-8-6-10-23-20(19)26-22)24-16-12-15(2)13-18(14-16)31-3/h4-14H,1-3H3,(H,24,25)(H,23,26,27)/b5-4-,11-9+,17-7+. The van der Waals surface area contributed by atoms with E-state index in [9.17, 15) is 10.1 Å². The fraction of sp³-hybridized carbons (Fsp3) is 0.136. The van der Waals surface area contributed by atoms with Crippen LogP contribution in [0.15, 0.2) is 71.9 Å². The summed E-state index contributed by atoms with van der Waals surface area (Å²) < 4.78 is 8.42. The van der Waals surface area contributed by atoms with E-state index in [0.717, 1.165) is 28.9 Å². The van der Waals surface area contributed by atoms with Gasteiger partial charge in [-0.2, -0.15) is 0 Å². The smallest absolute Gasteiger partial charge is 0.269 e. The fourth-order valence-corrected chi connectivity index (χ4v) is 3.22. The summed E-state index contributed by atoms with van der Waals surface area (Å²) in [4.78, 5) is 24.1. The Balaban J connectivity index is 1.87. The van der Waals surface area contributed by atoms with Gasteiger partial charge in [0.1, 0.15) is 11.3 Å². The van der Waals surface area contributed by atoms with Gasteiger partial charge in [0.05, 0.1) is 12.0 Å². The number of aryl methyl sites for hydroxylation is 1. The van der Waals surface area contributed by atoms with Gasteiger partial charge in [0.2, 0.25) is 0 Å². The highest BCUT2D eigenvalue weighted by Gasteiger charge is 2.11. The SMILES string of the molecule is C\C=C/C=C(\C=C\SNc1nc2ncccc2nc1Nc1cc(C)cc(OC)c1)[N+](=O)[O-]. The summed E-state index contributed by atoms with van der Waals surface area (Å²) in [5.41, 5.74) is 2.88. The van der Waals surface area contributed by atoms with Gasteiger partial charge < -0.3 is 14.8 Å². The van der Waals surface area contributed by atoms with Crippen LogP contribution in [0, 0.1) is 17.0 Å². The first-order valence-electron chi connectivity index (χ1n) is 9.61. The Labute approximate surface area is 189 Å². The van der Waals surface area contributed by atoms with Crippen molar-refractivity contribution in [3.63, 3.8) is 0 Å². The molecule has 0 fully saturated rings. The van der Waals surface area contributed by atoms with Gasteiger partial charge in [-0.3, -0.25) is 10.1 Å². The van der Waals surface area contributed by atoms with Crippen molar-refractivity contribution in [1.29, 1.82) is 0 Å². The number of rotatable bonds is 9. The molecule has 10 heteroatoms. The highest BCUT2D eigenvalue weighted by atomic mass is 32.2. The van der Waals surface area contributed by atoms with Crippen molar-refractivity contribution >= 4 is 40.4 Å². The second-order valence-corrected chi connectivity index (χ2v) is 7.24. The van der Waals surface area contributed by atoms with Gasteiger partial charge in [-0.15, -0.1) is 0 Å². The van der Waals surface area contributed by atoms with Crippen molar-refractivity contribution in [2.45, 2.75) is 13.8 Å². The summed E-state index contributed by atoms with van der Waals surface area (Å²) in [6, 6.07) is 9.36. The largest absolute Gasteiger partial charge is 0.497 e. The van der Waals surface area contributed by atoms with E-state index in [4.69, 9.17) is 4.74 Å². The third-order valence-corrected chi connectivity index (χ3v) is 4.71. The minimum Gasteiger partial charge on any atom is -0.497 e. The van der Waals surface area contributed by atoms with E-state index in [1.165, 1.54) is 12.2 Å². The molecule has 9 nitrogen and oxygen atoms in total. The minimum atomic E-state index is -0.449. The topological polar surface area (TPSA) is 115 Å². The summed E-state index contributed by atoms with van der Waals surface area (Å²) >= 11 is 1.13. The molecule has 3 aromatic rings. The molecule has 0 saturated carbocycles. The number of hydrogen-bond donors (Lipinski definition) is 2. The summed E-state index contributed by atoms with van der Waals surface area (Å²) in [6.07, 6.45) is 7.80. The van der Waals surface area contributed by atoms with Crippen LogP contribution in [0.5, 0.6) is 5.75 Å². The average Bonchev–Trinajstić information content (AvgIpc) is 2.78. The summed E-state index contributed by atoms with van der Waals surface area (Å²) in [5, 5.41) is 16.0. The van der Waals surface area contributed by atoms with Crippen LogP contribution >= 0.6 is 11.9 Å². The molecule has 0 aliphatic rings. The number of benzene rings is 1. The molecule has 2 N–H and O–H groups in total. The third kappa shape index (κ3) is 6.05. The molecule has 2 aromatic heterocycles. The van der Waals surface area contributed by atoms with Crippen molar-refractivity contribution in [3.05, 3.63) is 87.6 Å². The molecule has 0 atom stereocenters. The van der Waals surface area contributed by atoms with Crippen LogP contribution in [0.3, 0.4) is 0 Å². The molecule has 32 heavy (non-hydrogen) atoms. The number of pyridine rings is 1. The van der Waals surface area contributed by atoms with Gasteiger partial charge in [0, 0.05) is 30.1 Å². The molecule has 2 heterocycles. The maximum absolute atomic E-state index is 11.1. The summed E-state index contributed by atoms with van der Waals surface area (Å²) in [6.45, 7) is 3.76. The molecule has 0 saturated heterocycles. The Bertz CT molecular complexity index is 1210. The lowest BCUT2D eigenvalue weighted by atomic mass is 10.2. The zero-order chi connectivity index (χ0) is 22.9. The minimum absolute atomic E-state index is 0.0335. The zero-order valence-electron chi connectivity index (χ0n) is 17.8. The van der Waals surface area contributed by atoms with Crippen molar-refractivity contribution in [2.75, 3.05) is 17.1 Å². The number of anilines is 3. The maximum Gasteiger partial charge on any atom is 0.269 e. The number of aromatic nitrogens is 3. The molecule has 0 aliphatic carbocycles. The zero-order valence-corrected chi connectivity index (χ0v) is 18.6. The Hall–Kier alpha value is -3.92. The van der Waals surface area contributed by atoms with Crippen molar-refractivity contribution in [3.8, 4) is 5.75 Å². The van der Waals surface area contributed by atoms with Crippen LogP contribution in [0.1, 0.15) is 12.5 Å². The van der Waals surface area contributed by atoms with E-state index in [1.807, 2.05) is 31.2 Å². The van der Waals surface area contributed by atoms with Gasteiger partial charge >= 0.3 is 0 Å². The van der Waals surface area contributed by atoms with E-state index in [0.29, 0.717) is 22.8 Å². The van der Waals surface area contributed by atoms with E-state index in [1.54, 1.807) is 43.9 Å². The van der Waals surface area contributed by atoms with E-state index in [-0.39, 0.29) is 5.70 Å². The van der Waals surface area contributed by atoms with Crippen LogP contribution in [-0.2, 0) is 0 Å². The number of hydrogen-bond acceptors (Lipinski definition) is 9. The third-order valence-electron chi connectivity index (χ3n) is 4.12. The molecule has 0 bridgehead atoms. The van der Waals surface area contributed by atoms with Gasteiger partial charge in [-0.25, -0.2) is 15.0 Å². The molecule has 0 radical (unpaired) electrons. The highest BCUT2D eigenvalue weighted by molar-refractivity contribution is 8.03. The van der Waals surface area contributed by atoms with Crippen LogP contribution in [0.2, 0.25) is 0 Å². The second kappa shape index (κ2) is 10.9. The van der Waals surface area contributed by atoms with Gasteiger partial charge in [0.25, 0.3) is 5.70 Å². The van der Waals surface area contributed by atoms with Crippen LogP contribution in [0.4, 0.5) is 17.3 Å². The van der Waals surface area contributed by atoms with Crippen LogP contribution in [-0.4, -0.2) is 27.0 Å². The first-order chi connectivity index (χ1) is 15.5. The molecule has 3 rings (SSSR count). The van der Waals surface area contributed by atoms with E-state index in [2.05, 4.69) is 25.0 Å². The Kier molecular flexibility index (Phi) is 7.76. The molecule has 1 aromatic carbocycles. The fourth-order valence-electron chi connectivity index (χ4n) is 2.69. The first kappa shape index (κ1) is 22.8. The molecule has 0 aliphatic heterocycles. The van der Waals surface area contributed by atoms with Gasteiger partial charge in [-0.05, 0) is 61.0 Å². The Morgan fingerprint density at radius 1 is 1.25 bits per heavy atom. The van der Waals surface area contributed by atoms with Crippen molar-refractivity contribution in [1.82, 2.24) is 15.0 Å². The van der Waals surface area contributed by atoms with E-state index < -0.39 is 4.92 Å². The van der Waals surface area contributed by atoms with Crippen LogP contribution in [0.25, 0.3) is 11.2 Å². The average molecular weight is 451 g/mol. The monoisotopic (exact) mass is 450 g/mol. The van der Waals surface area contributed by atoms with E-state index >= 15 is 0 Å². The van der Waals surface area contributed by atoms with Crippen molar-refractivity contribution in [2.24, 2.45) is 0 Å². The van der Waals surface area contributed by atoms with Gasteiger partial charge in [0.15, 0.2) is 17.3 Å². The Morgan fingerprint density at radius 2 is 2.09 bits per heavy atom. The predicted octanol–water partition coefficient (Wildman–Crippen LogP) is 5.40. The Morgan fingerprint density at radius 3 is 2.84 bits per heavy atom. The second-order valence-electron chi connectivity index (χ2n) is 6.53. The first-order valence-corrected chi connectivity index (χ1v) is 10.5. The molecule has 164 valence electrons. The predicted molar refractivity (Wildman–Crippen MR) is 129 cm³/mol. The van der Waals surface area contributed by atoms with Crippen LogP contribution < -0.4 is 14.8 Å². The number of nitro groups is 1. The number of nitrogens with one attached hydrogen (secondary N) is 2. The quantitative estimate of drug-likeness (QED) is 0.191. The molecular weight excluding hydrogens is 428 g/mol. The molecule has 0 spiro atoms. The number of methoxy groups -OCH3 is 1.